The molecule has 0 aliphatic rings. The van der Waals surface area contributed by atoms with Crippen LogP contribution in [0, 0.1) is 5.82 Å². The van der Waals surface area contributed by atoms with Gasteiger partial charge in [-0.2, -0.15) is 0 Å². The number of carbonyl (C=O) groups excluding carboxylic acids is 1. The lowest BCUT2D eigenvalue weighted by atomic mass is 10.2. The van der Waals surface area contributed by atoms with E-state index in [1.165, 1.54) is 6.07 Å². The molecule has 20 heavy (non-hydrogen) atoms. The number of para-hydroxylation sites is 1. The lowest BCUT2D eigenvalue weighted by Gasteiger charge is -2.19. The number of hydrogen-bond acceptors (Lipinski definition) is 3. The van der Waals surface area contributed by atoms with E-state index in [9.17, 15) is 9.18 Å². The van der Waals surface area contributed by atoms with Crippen LogP contribution in [-0.4, -0.2) is 24.8 Å². The molecule has 1 amide bonds. The number of benzene rings is 1. The zero-order valence-corrected chi connectivity index (χ0v) is 13.5. The Morgan fingerprint density at radius 1 is 1.35 bits per heavy atom. The van der Waals surface area contributed by atoms with Gasteiger partial charge in [-0.3, -0.25) is 0 Å². The Bertz CT molecular complexity index is 441. The van der Waals surface area contributed by atoms with Crippen LogP contribution in [0.3, 0.4) is 0 Å². The Kier molecular flexibility index (Phi) is 6.26. The number of nitrogens with one attached hydrogen (secondary N) is 2. The molecule has 0 bridgehead atoms. The van der Waals surface area contributed by atoms with Gasteiger partial charge in [0.2, 0.25) is 0 Å². The summed E-state index contributed by atoms with van der Waals surface area (Å²) in [5.41, 5.74) is -0.0647. The number of halogens is 2. The minimum Gasteiger partial charge on any atom is -0.444 e. The van der Waals surface area contributed by atoms with E-state index >= 15 is 0 Å². The molecule has 0 radical (unpaired) electrons. The molecule has 2 N–H and O–H groups in total. The topological polar surface area (TPSA) is 50.4 Å². The van der Waals surface area contributed by atoms with Crippen molar-refractivity contribution in [1.82, 2.24) is 5.32 Å². The van der Waals surface area contributed by atoms with Crippen LogP contribution in [0.2, 0.25) is 0 Å². The third kappa shape index (κ3) is 6.23. The Labute approximate surface area is 127 Å². The fourth-order valence-electron chi connectivity index (χ4n) is 1.47. The molecule has 0 saturated heterocycles. The second-order valence-corrected chi connectivity index (χ2v) is 6.16. The van der Waals surface area contributed by atoms with Crippen molar-refractivity contribution < 1.29 is 13.9 Å². The Hall–Kier alpha value is -1.30. The van der Waals surface area contributed by atoms with Crippen molar-refractivity contribution in [2.24, 2.45) is 0 Å². The molecule has 0 aromatic heterocycles. The molecular weight excluding hydrogens is 327 g/mol. The summed E-state index contributed by atoms with van der Waals surface area (Å²) in [5, 5.41) is 5.64. The zero-order valence-electron chi connectivity index (χ0n) is 11.9. The van der Waals surface area contributed by atoms with Crippen molar-refractivity contribution in [3.63, 3.8) is 0 Å². The molecule has 1 aromatic rings. The standard InChI is InChI=1S/C14H20BrFN2O2/c1-14(2,3)20-13(19)18-9-5-8-17-12-10(15)6-4-7-11(12)16/h4,6-7,17H,5,8-9H2,1-3H3,(H,18,19). The van der Waals surface area contributed by atoms with Crippen LogP contribution in [0.15, 0.2) is 22.7 Å². The molecule has 0 aliphatic heterocycles. The fourth-order valence-corrected chi connectivity index (χ4v) is 1.96. The van der Waals surface area contributed by atoms with Crippen LogP contribution < -0.4 is 10.6 Å². The van der Waals surface area contributed by atoms with Gasteiger partial charge in [-0.15, -0.1) is 0 Å². The molecule has 0 aliphatic carbocycles. The average Bonchev–Trinajstić information content (AvgIpc) is 2.29. The van der Waals surface area contributed by atoms with Gasteiger partial charge in [0.15, 0.2) is 0 Å². The molecule has 0 saturated carbocycles. The quantitative estimate of drug-likeness (QED) is 0.794. The number of amides is 1. The van der Waals surface area contributed by atoms with Gasteiger partial charge < -0.3 is 15.4 Å². The number of anilines is 1. The van der Waals surface area contributed by atoms with Crippen LogP contribution in [-0.2, 0) is 4.74 Å². The number of rotatable bonds is 5. The van der Waals surface area contributed by atoms with E-state index in [0.717, 1.165) is 0 Å². The number of ether oxygens (including phenoxy) is 1. The van der Waals surface area contributed by atoms with Gasteiger partial charge in [0.25, 0.3) is 0 Å². The number of alkyl carbamates (subject to hydrolysis) is 1. The van der Waals surface area contributed by atoms with Crippen LogP contribution in [0.4, 0.5) is 14.9 Å². The third-order valence-corrected chi connectivity index (χ3v) is 2.95. The molecule has 0 atom stereocenters. The molecule has 0 spiro atoms. The zero-order chi connectivity index (χ0) is 15.2. The minimum atomic E-state index is -0.500. The summed E-state index contributed by atoms with van der Waals surface area (Å²) in [6, 6.07) is 4.80. The van der Waals surface area contributed by atoms with Gasteiger partial charge in [0, 0.05) is 17.6 Å². The number of hydrogen-bond donors (Lipinski definition) is 2. The Morgan fingerprint density at radius 3 is 2.65 bits per heavy atom. The van der Waals surface area contributed by atoms with Gasteiger partial charge >= 0.3 is 6.09 Å². The summed E-state index contributed by atoms with van der Waals surface area (Å²) < 4.78 is 19.3. The van der Waals surface area contributed by atoms with Gasteiger partial charge in [0.05, 0.1) is 5.69 Å². The van der Waals surface area contributed by atoms with Crippen molar-refractivity contribution in [3.8, 4) is 0 Å². The molecule has 0 fully saturated rings. The van der Waals surface area contributed by atoms with Crippen molar-refractivity contribution >= 4 is 27.7 Å². The molecule has 0 heterocycles. The smallest absolute Gasteiger partial charge is 0.407 e. The van der Waals surface area contributed by atoms with E-state index in [4.69, 9.17) is 4.74 Å². The summed E-state index contributed by atoms with van der Waals surface area (Å²) in [5.74, 6) is -0.306. The second-order valence-electron chi connectivity index (χ2n) is 5.31. The SMILES string of the molecule is CC(C)(C)OC(=O)NCCCNc1c(F)cccc1Br. The fraction of sp³-hybridized carbons (Fsp3) is 0.500. The van der Waals surface area contributed by atoms with Crippen LogP contribution in [0.5, 0.6) is 0 Å². The largest absolute Gasteiger partial charge is 0.444 e. The molecule has 1 rings (SSSR count). The van der Waals surface area contributed by atoms with Crippen molar-refractivity contribution in [2.45, 2.75) is 32.8 Å². The van der Waals surface area contributed by atoms with Crippen LogP contribution in [0.1, 0.15) is 27.2 Å². The molecule has 0 unspecified atom stereocenters. The summed E-state index contributed by atoms with van der Waals surface area (Å²) in [4.78, 5) is 11.4. The van der Waals surface area contributed by atoms with Gasteiger partial charge in [-0.05, 0) is 55.3 Å². The van der Waals surface area contributed by atoms with Crippen LogP contribution >= 0.6 is 15.9 Å². The Balaban J connectivity index is 2.24. The molecule has 6 heteroatoms. The average molecular weight is 347 g/mol. The van der Waals surface area contributed by atoms with Crippen LogP contribution in [0.25, 0.3) is 0 Å². The lowest BCUT2D eigenvalue weighted by molar-refractivity contribution is 0.0528. The highest BCUT2D eigenvalue weighted by Crippen LogP contribution is 2.24. The first kappa shape index (κ1) is 16.8. The Morgan fingerprint density at radius 2 is 2.05 bits per heavy atom. The van der Waals surface area contributed by atoms with Crippen molar-refractivity contribution in [3.05, 3.63) is 28.5 Å². The molecule has 112 valence electrons. The molecular formula is C14H20BrFN2O2. The van der Waals surface area contributed by atoms with E-state index in [1.807, 2.05) is 20.8 Å². The van der Waals surface area contributed by atoms with E-state index in [1.54, 1.807) is 12.1 Å². The summed E-state index contributed by atoms with van der Waals surface area (Å²) in [6.45, 7) is 6.45. The van der Waals surface area contributed by atoms with Gasteiger partial charge in [0.1, 0.15) is 11.4 Å². The first-order valence-corrected chi connectivity index (χ1v) is 7.23. The van der Waals surface area contributed by atoms with E-state index in [-0.39, 0.29) is 5.82 Å². The maximum absolute atomic E-state index is 13.5. The van der Waals surface area contributed by atoms with E-state index in [0.29, 0.717) is 29.7 Å². The maximum Gasteiger partial charge on any atom is 0.407 e. The van der Waals surface area contributed by atoms with E-state index < -0.39 is 11.7 Å². The van der Waals surface area contributed by atoms with Crippen molar-refractivity contribution in [2.75, 3.05) is 18.4 Å². The summed E-state index contributed by atoms with van der Waals surface area (Å²) in [7, 11) is 0. The monoisotopic (exact) mass is 346 g/mol. The third-order valence-electron chi connectivity index (χ3n) is 2.29. The van der Waals surface area contributed by atoms with Gasteiger partial charge in [-0.25, -0.2) is 9.18 Å². The number of carbonyl (C=O) groups is 1. The summed E-state index contributed by atoms with van der Waals surface area (Å²) in [6.07, 6.45) is 0.226. The first-order valence-electron chi connectivity index (χ1n) is 6.44. The summed E-state index contributed by atoms with van der Waals surface area (Å²) >= 11 is 3.28. The van der Waals surface area contributed by atoms with Gasteiger partial charge in [-0.1, -0.05) is 6.07 Å². The normalized spacial score (nSPS) is 11.1. The maximum atomic E-state index is 13.5. The minimum absolute atomic E-state index is 0.306. The predicted molar refractivity (Wildman–Crippen MR) is 81.4 cm³/mol. The molecule has 4 nitrogen and oxygen atoms in total. The molecule has 1 aromatic carbocycles. The predicted octanol–water partition coefficient (Wildman–Crippen LogP) is 3.91. The van der Waals surface area contributed by atoms with E-state index in [2.05, 4.69) is 26.6 Å². The first-order chi connectivity index (χ1) is 9.29. The second kappa shape index (κ2) is 7.47. The lowest BCUT2D eigenvalue weighted by Crippen LogP contribution is -2.33. The highest BCUT2D eigenvalue weighted by atomic mass is 79.9. The highest BCUT2D eigenvalue weighted by molar-refractivity contribution is 9.10. The highest BCUT2D eigenvalue weighted by Gasteiger charge is 2.15. The van der Waals surface area contributed by atoms with Crippen molar-refractivity contribution in [1.29, 1.82) is 0 Å².